The van der Waals surface area contributed by atoms with Gasteiger partial charge in [-0.05, 0) is 38.0 Å². The average Bonchev–Trinajstić information content (AvgIpc) is 3.16. The van der Waals surface area contributed by atoms with Crippen LogP contribution in [0.2, 0.25) is 0 Å². The molecule has 1 N–H and O–H groups in total. The molecule has 2 fully saturated rings. The maximum absolute atomic E-state index is 13.0. The lowest BCUT2D eigenvalue weighted by Crippen LogP contribution is -2.52. The van der Waals surface area contributed by atoms with Crippen molar-refractivity contribution in [3.05, 3.63) is 36.9 Å². The SMILES string of the molecule is C=CC(=O)N[C@@H]1CCC[C@@H]1C(=O)N1CCN(c2ccccc2OCC)CC1. The number of hydrogen-bond acceptors (Lipinski definition) is 4. The zero-order chi connectivity index (χ0) is 19.2. The fourth-order valence-electron chi connectivity index (χ4n) is 4.07. The van der Waals surface area contributed by atoms with E-state index in [9.17, 15) is 9.59 Å². The number of carbonyl (C=O) groups is 2. The largest absolute Gasteiger partial charge is 0.492 e. The Bertz CT molecular complexity index is 683. The standard InChI is InChI=1S/C21H29N3O3/c1-3-20(25)22-17-9-7-8-16(17)21(26)24-14-12-23(13-15-24)18-10-5-6-11-19(18)27-4-2/h3,5-6,10-11,16-17H,1,4,7-9,12-15H2,2H3,(H,22,25)/t16-,17+/m0/s1. The molecule has 146 valence electrons. The first-order chi connectivity index (χ1) is 13.1. The van der Waals surface area contributed by atoms with Crippen LogP contribution in [0.4, 0.5) is 5.69 Å². The second-order valence-electron chi connectivity index (χ2n) is 7.07. The third-order valence-corrected chi connectivity index (χ3v) is 5.44. The Morgan fingerprint density at radius 3 is 2.67 bits per heavy atom. The van der Waals surface area contributed by atoms with Crippen molar-refractivity contribution in [3.8, 4) is 5.75 Å². The van der Waals surface area contributed by atoms with Crippen LogP contribution in [-0.4, -0.2) is 55.5 Å². The van der Waals surface area contributed by atoms with Crippen LogP contribution in [0.5, 0.6) is 5.75 Å². The van der Waals surface area contributed by atoms with Crippen LogP contribution >= 0.6 is 0 Å². The molecule has 1 saturated carbocycles. The summed E-state index contributed by atoms with van der Waals surface area (Å²) in [4.78, 5) is 28.8. The number of nitrogens with zero attached hydrogens (tertiary/aromatic N) is 2. The highest BCUT2D eigenvalue weighted by Gasteiger charge is 2.37. The predicted molar refractivity (Wildman–Crippen MR) is 106 cm³/mol. The first kappa shape index (κ1) is 19.3. The zero-order valence-electron chi connectivity index (χ0n) is 16.0. The van der Waals surface area contributed by atoms with E-state index in [0.29, 0.717) is 19.7 Å². The first-order valence-corrected chi connectivity index (χ1v) is 9.82. The predicted octanol–water partition coefficient (Wildman–Crippen LogP) is 2.20. The molecule has 1 saturated heterocycles. The second kappa shape index (κ2) is 8.93. The molecule has 27 heavy (non-hydrogen) atoms. The van der Waals surface area contributed by atoms with E-state index in [1.165, 1.54) is 6.08 Å². The Hall–Kier alpha value is -2.50. The van der Waals surface area contributed by atoms with E-state index >= 15 is 0 Å². The van der Waals surface area contributed by atoms with Gasteiger partial charge in [-0.1, -0.05) is 25.1 Å². The molecule has 0 bridgehead atoms. The van der Waals surface area contributed by atoms with Gasteiger partial charge in [0.05, 0.1) is 18.2 Å². The monoisotopic (exact) mass is 371 g/mol. The molecule has 6 heteroatoms. The van der Waals surface area contributed by atoms with E-state index in [1.54, 1.807) is 0 Å². The molecule has 0 radical (unpaired) electrons. The minimum Gasteiger partial charge on any atom is -0.492 e. The number of nitrogens with one attached hydrogen (secondary N) is 1. The van der Waals surface area contributed by atoms with Gasteiger partial charge in [0.2, 0.25) is 11.8 Å². The van der Waals surface area contributed by atoms with Gasteiger partial charge in [0.25, 0.3) is 0 Å². The van der Waals surface area contributed by atoms with Gasteiger partial charge in [-0.15, -0.1) is 0 Å². The average molecular weight is 371 g/mol. The summed E-state index contributed by atoms with van der Waals surface area (Å²) >= 11 is 0. The quantitative estimate of drug-likeness (QED) is 0.779. The first-order valence-electron chi connectivity index (χ1n) is 9.82. The van der Waals surface area contributed by atoms with Crippen LogP contribution in [0.15, 0.2) is 36.9 Å². The molecule has 2 amide bonds. The van der Waals surface area contributed by atoms with Crippen LogP contribution in [-0.2, 0) is 9.59 Å². The number of benzene rings is 1. The fraction of sp³-hybridized carbons (Fsp3) is 0.524. The van der Waals surface area contributed by atoms with Crippen molar-refractivity contribution in [2.24, 2.45) is 5.92 Å². The van der Waals surface area contributed by atoms with E-state index in [4.69, 9.17) is 4.74 Å². The van der Waals surface area contributed by atoms with Crippen LogP contribution in [0.25, 0.3) is 0 Å². The van der Waals surface area contributed by atoms with Crippen molar-refractivity contribution in [1.82, 2.24) is 10.2 Å². The molecule has 0 unspecified atom stereocenters. The molecule has 2 aliphatic rings. The molecule has 1 aliphatic heterocycles. The Morgan fingerprint density at radius 2 is 1.96 bits per heavy atom. The van der Waals surface area contributed by atoms with Crippen LogP contribution in [0.3, 0.4) is 0 Å². The highest BCUT2D eigenvalue weighted by atomic mass is 16.5. The van der Waals surface area contributed by atoms with Crippen molar-refractivity contribution in [2.75, 3.05) is 37.7 Å². The van der Waals surface area contributed by atoms with Crippen LogP contribution < -0.4 is 15.0 Å². The molecule has 3 rings (SSSR count). The lowest BCUT2D eigenvalue weighted by molar-refractivity contribution is -0.136. The van der Waals surface area contributed by atoms with Gasteiger partial charge in [-0.2, -0.15) is 0 Å². The Morgan fingerprint density at radius 1 is 1.22 bits per heavy atom. The summed E-state index contributed by atoms with van der Waals surface area (Å²) in [6.07, 6.45) is 3.95. The topological polar surface area (TPSA) is 61.9 Å². The molecule has 1 aromatic carbocycles. The number of hydrogen-bond donors (Lipinski definition) is 1. The number of para-hydroxylation sites is 2. The minimum atomic E-state index is -0.197. The zero-order valence-corrected chi connectivity index (χ0v) is 16.0. The van der Waals surface area contributed by atoms with Gasteiger partial charge in [0, 0.05) is 32.2 Å². The number of carbonyl (C=O) groups excluding carboxylic acids is 2. The van der Waals surface area contributed by atoms with E-state index in [2.05, 4.69) is 22.9 Å². The highest BCUT2D eigenvalue weighted by molar-refractivity contribution is 5.88. The van der Waals surface area contributed by atoms with Crippen LogP contribution in [0, 0.1) is 5.92 Å². The normalized spacial score (nSPS) is 22.4. The third kappa shape index (κ3) is 4.43. The van der Waals surface area contributed by atoms with Crippen molar-refractivity contribution >= 4 is 17.5 Å². The maximum atomic E-state index is 13.0. The number of ether oxygens (including phenoxy) is 1. The van der Waals surface area contributed by atoms with E-state index in [-0.39, 0.29) is 23.8 Å². The van der Waals surface area contributed by atoms with Gasteiger partial charge < -0.3 is 19.9 Å². The summed E-state index contributed by atoms with van der Waals surface area (Å²) in [6, 6.07) is 7.98. The van der Waals surface area contributed by atoms with Crippen molar-refractivity contribution < 1.29 is 14.3 Å². The van der Waals surface area contributed by atoms with Gasteiger partial charge in [0.15, 0.2) is 0 Å². The van der Waals surface area contributed by atoms with E-state index < -0.39 is 0 Å². The van der Waals surface area contributed by atoms with Crippen molar-refractivity contribution in [2.45, 2.75) is 32.2 Å². The summed E-state index contributed by atoms with van der Waals surface area (Å²) < 4.78 is 5.74. The van der Waals surface area contributed by atoms with Crippen molar-refractivity contribution in [1.29, 1.82) is 0 Å². The summed E-state index contributed by atoms with van der Waals surface area (Å²) in [5.41, 5.74) is 1.09. The third-order valence-electron chi connectivity index (χ3n) is 5.44. The highest BCUT2D eigenvalue weighted by Crippen LogP contribution is 2.31. The maximum Gasteiger partial charge on any atom is 0.243 e. The molecule has 2 atom stereocenters. The van der Waals surface area contributed by atoms with Crippen molar-refractivity contribution in [3.63, 3.8) is 0 Å². The molecule has 0 spiro atoms. The number of piperazine rings is 1. The number of anilines is 1. The smallest absolute Gasteiger partial charge is 0.243 e. The van der Waals surface area contributed by atoms with Gasteiger partial charge in [0.1, 0.15) is 5.75 Å². The lowest BCUT2D eigenvalue weighted by Gasteiger charge is -2.38. The Kier molecular flexibility index (Phi) is 6.37. The number of amides is 2. The Balaban J connectivity index is 1.59. The van der Waals surface area contributed by atoms with E-state index in [0.717, 1.165) is 43.8 Å². The molecule has 6 nitrogen and oxygen atoms in total. The molecule has 0 aromatic heterocycles. The molecule has 1 aromatic rings. The molecule has 1 heterocycles. The summed E-state index contributed by atoms with van der Waals surface area (Å²) in [5.74, 6) is 0.746. The summed E-state index contributed by atoms with van der Waals surface area (Å²) in [5, 5.41) is 2.92. The Labute approximate surface area is 161 Å². The summed E-state index contributed by atoms with van der Waals surface area (Å²) in [6.45, 7) is 9.07. The number of rotatable bonds is 6. The summed E-state index contributed by atoms with van der Waals surface area (Å²) in [7, 11) is 0. The van der Waals surface area contributed by atoms with Gasteiger partial charge >= 0.3 is 0 Å². The molecular formula is C21H29N3O3. The minimum absolute atomic E-state index is 0.0697. The van der Waals surface area contributed by atoms with Crippen LogP contribution in [0.1, 0.15) is 26.2 Å². The fourth-order valence-corrected chi connectivity index (χ4v) is 4.07. The van der Waals surface area contributed by atoms with Gasteiger partial charge in [-0.25, -0.2) is 0 Å². The second-order valence-corrected chi connectivity index (χ2v) is 7.07. The molecular weight excluding hydrogens is 342 g/mol. The lowest BCUT2D eigenvalue weighted by atomic mass is 10.0. The molecule has 1 aliphatic carbocycles. The van der Waals surface area contributed by atoms with Gasteiger partial charge in [-0.3, -0.25) is 9.59 Å². The van der Waals surface area contributed by atoms with E-state index in [1.807, 2.05) is 30.0 Å².